The van der Waals surface area contributed by atoms with Gasteiger partial charge in [0.2, 0.25) is 0 Å². The third-order valence-electron chi connectivity index (χ3n) is 5.13. The minimum atomic E-state index is -0.707. The lowest BCUT2D eigenvalue weighted by Gasteiger charge is -2.48. The normalized spacial score (nSPS) is 30.5. The van der Waals surface area contributed by atoms with Gasteiger partial charge in [-0.15, -0.1) is 0 Å². The van der Waals surface area contributed by atoms with Gasteiger partial charge >= 0.3 is 0 Å². The SMILES string of the molecule is C[C@@H]1CN(C(=O)c2ccc(Cl)o2)CC[C@@]1(O)C1CCOCC1. The first-order valence-electron chi connectivity index (χ1n) is 7.85. The molecule has 5 nitrogen and oxygen atoms in total. The second-order valence-corrected chi connectivity index (χ2v) is 6.76. The van der Waals surface area contributed by atoms with Crippen LogP contribution in [-0.4, -0.2) is 47.8 Å². The molecule has 1 N–H and O–H groups in total. The molecule has 0 saturated carbocycles. The Morgan fingerprint density at radius 1 is 1.41 bits per heavy atom. The van der Waals surface area contributed by atoms with Crippen LogP contribution in [0.5, 0.6) is 0 Å². The van der Waals surface area contributed by atoms with Crippen molar-refractivity contribution in [2.45, 2.75) is 31.8 Å². The average molecular weight is 328 g/mol. The molecule has 2 saturated heterocycles. The molecule has 0 radical (unpaired) electrons. The second kappa shape index (κ2) is 6.22. The van der Waals surface area contributed by atoms with Gasteiger partial charge in [0.25, 0.3) is 5.91 Å². The number of carbonyl (C=O) groups is 1. The molecule has 2 atom stereocenters. The Kier molecular flexibility index (Phi) is 4.48. The first-order valence-corrected chi connectivity index (χ1v) is 8.23. The van der Waals surface area contributed by atoms with Crippen molar-refractivity contribution in [2.75, 3.05) is 26.3 Å². The fourth-order valence-electron chi connectivity index (χ4n) is 3.71. The highest BCUT2D eigenvalue weighted by atomic mass is 35.5. The van der Waals surface area contributed by atoms with E-state index in [0.29, 0.717) is 32.7 Å². The molecule has 1 aromatic rings. The largest absolute Gasteiger partial charge is 0.440 e. The Balaban J connectivity index is 1.67. The van der Waals surface area contributed by atoms with Gasteiger partial charge in [-0.1, -0.05) is 6.92 Å². The number of hydrogen-bond acceptors (Lipinski definition) is 4. The fourth-order valence-corrected chi connectivity index (χ4v) is 3.86. The van der Waals surface area contributed by atoms with Crippen molar-refractivity contribution in [3.8, 4) is 0 Å². The Hall–Kier alpha value is -1.04. The van der Waals surface area contributed by atoms with Crippen LogP contribution in [0.4, 0.5) is 0 Å². The van der Waals surface area contributed by atoms with Gasteiger partial charge < -0.3 is 19.2 Å². The smallest absolute Gasteiger partial charge is 0.289 e. The van der Waals surface area contributed by atoms with E-state index in [0.717, 1.165) is 12.8 Å². The number of aliphatic hydroxyl groups is 1. The summed E-state index contributed by atoms with van der Waals surface area (Å²) in [5.74, 6) is 0.381. The number of carbonyl (C=O) groups excluding carboxylic acids is 1. The molecule has 122 valence electrons. The van der Waals surface area contributed by atoms with Gasteiger partial charge in [-0.3, -0.25) is 4.79 Å². The summed E-state index contributed by atoms with van der Waals surface area (Å²) in [5, 5.41) is 11.3. The third-order valence-corrected chi connectivity index (χ3v) is 5.33. The van der Waals surface area contributed by atoms with Crippen LogP contribution in [0, 0.1) is 11.8 Å². The number of likely N-dealkylation sites (tertiary alicyclic amines) is 1. The van der Waals surface area contributed by atoms with Gasteiger partial charge in [0, 0.05) is 32.2 Å². The van der Waals surface area contributed by atoms with Gasteiger partial charge in [-0.25, -0.2) is 0 Å². The van der Waals surface area contributed by atoms with Gasteiger partial charge in [0.15, 0.2) is 11.0 Å². The molecule has 2 aliphatic rings. The lowest BCUT2D eigenvalue weighted by molar-refractivity contribution is -0.126. The molecular formula is C16H22ClNO4. The maximum atomic E-state index is 12.4. The van der Waals surface area contributed by atoms with Crippen molar-refractivity contribution in [1.29, 1.82) is 0 Å². The van der Waals surface area contributed by atoms with Crippen LogP contribution < -0.4 is 0 Å². The summed E-state index contributed by atoms with van der Waals surface area (Å²) < 4.78 is 10.6. The van der Waals surface area contributed by atoms with E-state index in [1.807, 2.05) is 6.92 Å². The van der Waals surface area contributed by atoms with E-state index in [2.05, 4.69) is 0 Å². The third kappa shape index (κ3) is 2.90. The highest BCUT2D eigenvalue weighted by molar-refractivity contribution is 6.29. The van der Waals surface area contributed by atoms with Crippen molar-refractivity contribution < 1.29 is 19.1 Å². The molecule has 0 aliphatic carbocycles. The molecule has 22 heavy (non-hydrogen) atoms. The van der Waals surface area contributed by atoms with Gasteiger partial charge in [0.05, 0.1) is 5.60 Å². The number of rotatable bonds is 2. The lowest BCUT2D eigenvalue weighted by Crippen LogP contribution is -2.56. The first-order chi connectivity index (χ1) is 10.5. The zero-order valence-electron chi connectivity index (χ0n) is 12.8. The predicted molar refractivity (Wildman–Crippen MR) is 81.9 cm³/mol. The summed E-state index contributed by atoms with van der Waals surface area (Å²) in [7, 11) is 0. The van der Waals surface area contributed by atoms with Crippen molar-refractivity contribution in [3.63, 3.8) is 0 Å². The zero-order chi connectivity index (χ0) is 15.7. The quantitative estimate of drug-likeness (QED) is 0.906. The van der Waals surface area contributed by atoms with Crippen LogP contribution >= 0.6 is 11.6 Å². The molecule has 3 heterocycles. The van der Waals surface area contributed by atoms with E-state index in [9.17, 15) is 9.90 Å². The molecule has 3 rings (SSSR count). The van der Waals surface area contributed by atoms with Crippen molar-refractivity contribution in [2.24, 2.45) is 11.8 Å². The monoisotopic (exact) mass is 327 g/mol. The Morgan fingerprint density at radius 3 is 2.73 bits per heavy atom. The number of hydrogen-bond donors (Lipinski definition) is 1. The van der Waals surface area contributed by atoms with Gasteiger partial charge in [-0.05, 0) is 48.9 Å². The van der Waals surface area contributed by atoms with Gasteiger partial charge in [-0.2, -0.15) is 0 Å². The molecule has 1 aromatic heterocycles. The topological polar surface area (TPSA) is 62.9 Å². The van der Waals surface area contributed by atoms with Crippen LogP contribution in [0.1, 0.15) is 36.7 Å². The van der Waals surface area contributed by atoms with Crippen molar-refractivity contribution in [3.05, 3.63) is 23.1 Å². The Labute approximate surface area is 135 Å². The standard InChI is InChI=1S/C16H22ClNO4/c1-11-10-18(15(19)13-2-3-14(17)22-13)7-6-16(11,20)12-4-8-21-9-5-12/h2-3,11-12,20H,4-10H2,1H3/t11-,16+/m1/s1. The van der Waals surface area contributed by atoms with E-state index in [1.54, 1.807) is 17.0 Å². The van der Waals surface area contributed by atoms with Crippen molar-refractivity contribution in [1.82, 2.24) is 4.90 Å². The molecule has 0 unspecified atom stereocenters. The molecule has 2 fully saturated rings. The van der Waals surface area contributed by atoms with Crippen LogP contribution in [-0.2, 0) is 4.74 Å². The maximum absolute atomic E-state index is 12.4. The number of furan rings is 1. The number of nitrogens with zero attached hydrogens (tertiary/aromatic N) is 1. The van der Waals surface area contributed by atoms with Crippen LogP contribution in [0.3, 0.4) is 0 Å². The molecule has 2 aliphatic heterocycles. The highest BCUT2D eigenvalue weighted by Gasteiger charge is 2.46. The zero-order valence-corrected chi connectivity index (χ0v) is 13.5. The summed E-state index contributed by atoms with van der Waals surface area (Å²) in [6.45, 7) is 4.52. The fraction of sp³-hybridized carbons (Fsp3) is 0.688. The molecule has 6 heteroatoms. The van der Waals surface area contributed by atoms with Crippen molar-refractivity contribution >= 4 is 17.5 Å². The first kappa shape index (κ1) is 15.8. The predicted octanol–water partition coefficient (Wildman–Crippen LogP) is 2.57. The summed E-state index contributed by atoms with van der Waals surface area (Å²) in [6, 6.07) is 3.16. The molecule has 0 bridgehead atoms. The van der Waals surface area contributed by atoms with E-state index in [-0.39, 0.29) is 28.7 Å². The molecular weight excluding hydrogens is 306 g/mol. The van der Waals surface area contributed by atoms with Gasteiger partial charge in [0.1, 0.15) is 0 Å². The minimum absolute atomic E-state index is 0.0266. The second-order valence-electron chi connectivity index (χ2n) is 6.38. The Bertz CT molecular complexity index is 540. The number of amides is 1. The molecule has 0 spiro atoms. The lowest BCUT2D eigenvalue weighted by atomic mass is 9.70. The number of ether oxygens (including phenoxy) is 1. The highest BCUT2D eigenvalue weighted by Crippen LogP contribution is 2.39. The number of piperidine rings is 1. The molecule has 0 aromatic carbocycles. The minimum Gasteiger partial charge on any atom is -0.440 e. The summed E-state index contributed by atoms with van der Waals surface area (Å²) in [5.41, 5.74) is -0.707. The van der Waals surface area contributed by atoms with E-state index < -0.39 is 5.60 Å². The Morgan fingerprint density at radius 2 is 2.14 bits per heavy atom. The van der Waals surface area contributed by atoms with E-state index in [4.69, 9.17) is 20.8 Å². The summed E-state index contributed by atoms with van der Waals surface area (Å²) in [4.78, 5) is 14.2. The maximum Gasteiger partial charge on any atom is 0.289 e. The van der Waals surface area contributed by atoms with E-state index >= 15 is 0 Å². The van der Waals surface area contributed by atoms with Crippen LogP contribution in [0.25, 0.3) is 0 Å². The number of halogens is 1. The summed E-state index contributed by atoms with van der Waals surface area (Å²) >= 11 is 5.73. The average Bonchev–Trinajstić information content (AvgIpc) is 2.97. The van der Waals surface area contributed by atoms with Crippen LogP contribution in [0.15, 0.2) is 16.5 Å². The molecule has 1 amide bonds. The van der Waals surface area contributed by atoms with Crippen LogP contribution in [0.2, 0.25) is 5.22 Å². The van der Waals surface area contributed by atoms with E-state index in [1.165, 1.54) is 0 Å². The summed E-state index contributed by atoms with van der Waals surface area (Å²) in [6.07, 6.45) is 2.38.